The summed E-state index contributed by atoms with van der Waals surface area (Å²) in [4.78, 5) is 17.7. The average Bonchev–Trinajstić information content (AvgIpc) is 3.17. The molecule has 118 valence electrons. The minimum absolute atomic E-state index is 0.224. The van der Waals surface area contributed by atoms with Crippen molar-refractivity contribution in [3.8, 4) is 0 Å². The van der Waals surface area contributed by atoms with Crippen LogP contribution in [0.1, 0.15) is 59.7 Å². The summed E-state index contributed by atoms with van der Waals surface area (Å²) in [5.41, 5.74) is 0.777. The Bertz CT molecular complexity index is 644. The molecule has 1 saturated heterocycles. The molecule has 1 fully saturated rings. The van der Waals surface area contributed by atoms with Gasteiger partial charge in [0.15, 0.2) is 5.13 Å². The first-order valence-corrected chi connectivity index (χ1v) is 8.39. The zero-order valence-corrected chi connectivity index (χ0v) is 13.6. The largest absolute Gasteiger partial charge is 0.351 e. The smallest absolute Gasteiger partial charge is 0.296 e. The maximum absolute atomic E-state index is 12.1. The van der Waals surface area contributed by atoms with Gasteiger partial charge in [-0.25, -0.2) is 4.98 Å². The monoisotopic (exact) mass is 320 g/mol. The number of piperidine rings is 1. The Kier molecular flexibility index (Phi) is 4.54. The van der Waals surface area contributed by atoms with Crippen molar-refractivity contribution in [3.05, 3.63) is 28.6 Å². The van der Waals surface area contributed by atoms with E-state index in [0.717, 1.165) is 31.6 Å². The fourth-order valence-electron chi connectivity index (χ4n) is 2.47. The van der Waals surface area contributed by atoms with Crippen molar-refractivity contribution in [2.75, 3.05) is 18.4 Å². The summed E-state index contributed by atoms with van der Waals surface area (Å²) in [5, 5.41) is 10.6. The van der Waals surface area contributed by atoms with Crippen LogP contribution in [0.2, 0.25) is 0 Å². The highest BCUT2D eigenvalue weighted by molar-refractivity contribution is 7.15. The third kappa shape index (κ3) is 3.36. The van der Waals surface area contributed by atoms with E-state index in [1.807, 2.05) is 20.0 Å². The third-order valence-electron chi connectivity index (χ3n) is 3.83. The van der Waals surface area contributed by atoms with Crippen LogP contribution in [0, 0.1) is 0 Å². The number of nitrogens with one attached hydrogen (secondary N) is 2. The molecule has 2 aromatic rings. The van der Waals surface area contributed by atoms with Crippen LogP contribution in [0.3, 0.4) is 0 Å². The van der Waals surface area contributed by atoms with Crippen molar-refractivity contribution < 1.29 is 9.32 Å². The minimum Gasteiger partial charge on any atom is -0.351 e. The van der Waals surface area contributed by atoms with Crippen molar-refractivity contribution >= 4 is 22.4 Å². The van der Waals surface area contributed by atoms with E-state index in [-0.39, 0.29) is 17.6 Å². The van der Waals surface area contributed by atoms with E-state index >= 15 is 0 Å². The Labute approximate surface area is 133 Å². The van der Waals surface area contributed by atoms with Crippen LogP contribution in [0.25, 0.3) is 0 Å². The molecular formula is C15H20N4O2S. The van der Waals surface area contributed by atoms with E-state index < -0.39 is 0 Å². The molecule has 1 amide bonds. The normalized spacial score (nSPS) is 16.1. The molecule has 0 unspecified atom stereocenters. The van der Waals surface area contributed by atoms with Gasteiger partial charge in [0.05, 0.1) is 5.69 Å². The molecule has 0 saturated carbocycles. The molecule has 22 heavy (non-hydrogen) atoms. The van der Waals surface area contributed by atoms with Gasteiger partial charge in [0.1, 0.15) is 0 Å². The summed E-state index contributed by atoms with van der Waals surface area (Å²) in [6, 6.07) is 1.68. The van der Waals surface area contributed by atoms with Crippen LogP contribution in [0.4, 0.5) is 5.13 Å². The van der Waals surface area contributed by atoms with Crippen LogP contribution in [-0.2, 0) is 0 Å². The molecule has 1 aliphatic rings. The second kappa shape index (κ2) is 6.58. The van der Waals surface area contributed by atoms with Crippen LogP contribution < -0.4 is 10.6 Å². The van der Waals surface area contributed by atoms with Crippen molar-refractivity contribution in [1.29, 1.82) is 0 Å². The number of thiazole rings is 1. The molecule has 0 spiro atoms. The number of amides is 1. The number of carbonyl (C=O) groups is 1. The molecule has 2 aromatic heterocycles. The lowest BCUT2D eigenvalue weighted by atomic mass is 9.97. The van der Waals surface area contributed by atoms with Gasteiger partial charge in [-0.2, -0.15) is 0 Å². The van der Waals surface area contributed by atoms with Crippen molar-refractivity contribution in [2.45, 2.75) is 38.5 Å². The lowest BCUT2D eigenvalue weighted by molar-refractivity contribution is 0.0987. The second-order valence-electron chi connectivity index (χ2n) is 5.82. The SMILES string of the molecule is CC(C)c1cc(C(=O)Nc2ncc(C3CCNCC3)s2)on1. The lowest BCUT2D eigenvalue weighted by Gasteiger charge is -2.20. The summed E-state index contributed by atoms with van der Waals surface area (Å²) in [6.07, 6.45) is 4.11. The predicted octanol–water partition coefficient (Wildman–Crippen LogP) is 2.97. The Morgan fingerprint density at radius 1 is 1.45 bits per heavy atom. The second-order valence-corrected chi connectivity index (χ2v) is 6.88. The topological polar surface area (TPSA) is 80.0 Å². The number of anilines is 1. The molecule has 2 N–H and O–H groups in total. The van der Waals surface area contributed by atoms with Crippen molar-refractivity contribution in [2.24, 2.45) is 0 Å². The fraction of sp³-hybridized carbons (Fsp3) is 0.533. The van der Waals surface area contributed by atoms with Gasteiger partial charge in [-0.3, -0.25) is 10.1 Å². The van der Waals surface area contributed by atoms with E-state index in [2.05, 4.69) is 20.8 Å². The molecular weight excluding hydrogens is 300 g/mol. The Hall–Kier alpha value is -1.73. The van der Waals surface area contributed by atoms with Gasteiger partial charge >= 0.3 is 0 Å². The molecule has 3 heterocycles. The summed E-state index contributed by atoms with van der Waals surface area (Å²) in [6.45, 7) is 6.10. The molecule has 0 aliphatic carbocycles. The zero-order valence-electron chi connectivity index (χ0n) is 12.8. The summed E-state index contributed by atoms with van der Waals surface area (Å²) in [5.74, 6) is 0.701. The molecule has 0 aromatic carbocycles. The molecule has 0 bridgehead atoms. The van der Waals surface area contributed by atoms with Crippen LogP contribution in [0.5, 0.6) is 0 Å². The highest BCUT2D eigenvalue weighted by atomic mass is 32.1. The van der Waals surface area contributed by atoms with Gasteiger partial charge in [-0.05, 0) is 37.8 Å². The highest BCUT2D eigenvalue weighted by Crippen LogP contribution is 2.31. The molecule has 3 rings (SSSR count). The number of rotatable bonds is 4. The first kappa shape index (κ1) is 15.2. The van der Waals surface area contributed by atoms with E-state index in [1.54, 1.807) is 17.4 Å². The lowest BCUT2D eigenvalue weighted by Crippen LogP contribution is -2.26. The molecule has 0 radical (unpaired) electrons. The van der Waals surface area contributed by atoms with Crippen LogP contribution in [-0.4, -0.2) is 29.1 Å². The van der Waals surface area contributed by atoms with Crippen molar-refractivity contribution in [1.82, 2.24) is 15.5 Å². The highest BCUT2D eigenvalue weighted by Gasteiger charge is 2.20. The zero-order chi connectivity index (χ0) is 15.5. The fourth-order valence-corrected chi connectivity index (χ4v) is 3.45. The Morgan fingerprint density at radius 2 is 2.23 bits per heavy atom. The quantitative estimate of drug-likeness (QED) is 0.905. The number of nitrogens with zero attached hydrogens (tertiary/aromatic N) is 2. The van der Waals surface area contributed by atoms with E-state index in [1.165, 1.54) is 4.88 Å². The maximum atomic E-state index is 12.1. The standard InChI is InChI=1S/C15H20N4O2S/c1-9(2)11-7-12(21-19-11)14(20)18-15-17-8-13(22-15)10-3-5-16-6-4-10/h7-10,16H,3-6H2,1-2H3,(H,17,18,20). The number of aromatic nitrogens is 2. The van der Waals surface area contributed by atoms with Gasteiger partial charge in [-0.15, -0.1) is 11.3 Å². The van der Waals surface area contributed by atoms with Gasteiger partial charge in [0, 0.05) is 17.1 Å². The Morgan fingerprint density at radius 3 is 2.91 bits per heavy atom. The van der Waals surface area contributed by atoms with E-state index in [0.29, 0.717) is 11.0 Å². The number of hydrogen-bond acceptors (Lipinski definition) is 6. The number of carbonyl (C=O) groups excluding carboxylic acids is 1. The van der Waals surface area contributed by atoms with Crippen LogP contribution >= 0.6 is 11.3 Å². The Balaban J connectivity index is 1.65. The molecule has 1 aliphatic heterocycles. The van der Waals surface area contributed by atoms with E-state index in [4.69, 9.17) is 4.52 Å². The molecule has 6 nitrogen and oxygen atoms in total. The van der Waals surface area contributed by atoms with Gasteiger partial charge in [0.25, 0.3) is 5.91 Å². The third-order valence-corrected chi connectivity index (χ3v) is 4.90. The summed E-state index contributed by atoms with van der Waals surface area (Å²) < 4.78 is 5.09. The number of hydrogen-bond donors (Lipinski definition) is 2. The first-order chi connectivity index (χ1) is 10.6. The van der Waals surface area contributed by atoms with Crippen molar-refractivity contribution in [3.63, 3.8) is 0 Å². The maximum Gasteiger partial charge on any atom is 0.296 e. The first-order valence-electron chi connectivity index (χ1n) is 7.58. The van der Waals surface area contributed by atoms with E-state index in [9.17, 15) is 4.79 Å². The van der Waals surface area contributed by atoms with Crippen LogP contribution in [0.15, 0.2) is 16.8 Å². The molecule has 7 heteroatoms. The average molecular weight is 320 g/mol. The predicted molar refractivity (Wildman–Crippen MR) is 85.5 cm³/mol. The molecule has 0 atom stereocenters. The van der Waals surface area contributed by atoms with Gasteiger partial charge < -0.3 is 9.84 Å². The van der Waals surface area contributed by atoms with Gasteiger partial charge in [-0.1, -0.05) is 19.0 Å². The minimum atomic E-state index is -0.300. The summed E-state index contributed by atoms with van der Waals surface area (Å²) >= 11 is 1.54. The summed E-state index contributed by atoms with van der Waals surface area (Å²) in [7, 11) is 0. The van der Waals surface area contributed by atoms with Gasteiger partial charge in [0.2, 0.25) is 5.76 Å².